The second-order valence-electron chi connectivity index (χ2n) is 6.28. The largest absolute Gasteiger partial charge is 0.508 e. The van der Waals surface area contributed by atoms with Gasteiger partial charge in [0.05, 0.1) is 0 Å². The lowest BCUT2D eigenvalue weighted by molar-refractivity contribution is 0.452. The number of benzene rings is 2. The number of hydrogen-bond donors (Lipinski definition) is 1. The molecule has 2 aromatic rings. The Balaban J connectivity index is 2.37. The molecule has 0 aliphatic rings. The van der Waals surface area contributed by atoms with E-state index in [1.54, 1.807) is 12.1 Å². The Bertz CT molecular complexity index is 652. The molecule has 118 valence electrons. The van der Waals surface area contributed by atoms with E-state index in [-0.39, 0.29) is 5.92 Å². The predicted molar refractivity (Wildman–Crippen MR) is 92.5 cm³/mol. The van der Waals surface area contributed by atoms with Gasteiger partial charge < -0.3 is 14.7 Å². The van der Waals surface area contributed by atoms with Crippen LogP contribution in [0.2, 0.25) is 0 Å². The van der Waals surface area contributed by atoms with E-state index in [0.29, 0.717) is 5.75 Å². The Hall–Kier alpha value is -2.16. The van der Waals surface area contributed by atoms with Gasteiger partial charge in [0.25, 0.3) is 0 Å². The zero-order valence-corrected chi connectivity index (χ0v) is 14.3. The number of rotatable bonds is 4. The van der Waals surface area contributed by atoms with E-state index in [0.717, 1.165) is 33.9 Å². The molecule has 0 saturated carbocycles. The normalized spacial score (nSPS) is 10.9. The fraction of sp³-hybridized carbons (Fsp3) is 0.368. The fourth-order valence-electron chi connectivity index (χ4n) is 2.52. The highest BCUT2D eigenvalue weighted by molar-refractivity contribution is 5.57. The van der Waals surface area contributed by atoms with Crippen LogP contribution in [0, 0.1) is 13.8 Å². The van der Waals surface area contributed by atoms with Crippen molar-refractivity contribution in [2.24, 2.45) is 0 Å². The third kappa shape index (κ3) is 3.35. The van der Waals surface area contributed by atoms with Crippen LogP contribution in [0.25, 0.3) is 0 Å². The van der Waals surface area contributed by atoms with Crippen LogP contribution in [-0.2, 0) is 0 Å². The average Bonchev–Trinajstić information content (AvgIpc) is 2.43. The number of phenols is 1. The predicted octanol–water partition coefficient (Wildman–Crippen LogP) is 4.99. The highest BCUT2D eigenvalue weighted by atomic mass is 16.5. The van der Waals surface area contributed by atoms with Crippen LogP contribution in [-0.4, -0.2) is 19.2 Å². The molecule has 22 heavy (non-hydrogen) atoms. The lowest BCUT2D eigenvalue weighted by Crippen LogP contribution is -2.09. The number of hydrogen-bond acceptors (Lipinski definition) is 3. The summed E-state index contributed by atoms with van der Waals surface area (Å²) in [6.45, 7) is 8.22. The van der Waals surface area contributed by atoms with Gasteiger partial charge in [-0.05, 0) is 61.2 Å². The second-order valence-corrected chi connectivity index (χ2v) is 6.28. The first-order chi connectivity index (χ1) is 10.3. The molecule has 2 aromatic carbocycles. The van der Waals surface area contributed by atoms with Crippen LogP contribution in [0.3, 0.4) is 0 Å². The van der Waals surface area contributed by atoms with Gasteiger partial charge in [0.2, 0.25) is 0 Å². The molecule has 0 atom stereocenters. The lowest BCUT2D eigenvalue weighted by Gasteiger charge is -2.18. The Morgan fingerprint density at radius 2 is 1.59 bits per heavy atom. The molecule has 0 aliphatic carbocycles. The highest BCUT2D eigenvalue weighted by Gasteiger charge is 2.12. The molecule has 0 amide bonds. The number of phenolic OH excluding ortho intramolecular Hbond substituents is 1. The van der Waals surface area contributed by atoms with Crippen molar-refractivity contribution in [2.45, 2.75) is 33.6 Å². The van der Waals surface area contributed by atoms with E-state index in [2.05, 4.69) is 44.7 Å². The van der Waals surface area contributed by atoms with Gasteiger partial charge >= 0.3 is 0 Å². The molecule has 1 N–H and O–H groups in total. The molecule has 2 rings (SSSR count). The standard InChI is InChI=1S/C19H25NO2/c1-12(2)17-11-16(7-8-18(17)21)22-19-13(3)9-15(20(5)6)10-14(19)4/h7-12,21H,1-6H3. The van der Waals surface area contributed by atoms with Gasteiger partial charge in [-0.2, -0.15) is 0 Å². The maximum absolute atomic E-state index is 9.92. The molecule has 0 fully saturated rings. The van der Waals surface area contributed by atoms with Crippen molar-refractivity contribution < 1.29 is 9.84 Å². The minimum Gasteiger partial charge on any atom is -0.508 e. The van der Waals surface area contributed by atoms with Gasteiger partial charge in [-0.3, -0.25) is 0 Å². The maximum atomic E-state index is 9.92. The summed E-state index contributed by atoms with van der Waals surface area (Å²) in [5, 5.41) is 9.92. The van der Waals surface area contributed by atoms with E-state index < -0.39 is 0 Å². The topological polar surface area (TPSA) is 32.7 Å². The SMILES string of the molecule is Cc1cc(N(C)C)cc(C)c1Oc1ccc(O)c(C(C)C)c1. The van der Waals surface area contributed by atoms with E-state index in [9.17, 15) is 5.11 Å². The monoisotopic (exact) mass is 299 g/mol. The minimum atomic E-state index is 0.252. The molecule has 0 radical (unpaired) electrons. The van der Waals surface area contributed by atoms with Gasteiger partial charge in [0.15, 0.2) is 0 Å². The van der Waals surface area contributed by atoms with Crippen molar-refractivity contribution in [3.05, 3.63) is 47.0 Å². The third-order valence-electron chi connectivity index (χ3n) is 3.80. The Labute approximate surface area is 133 Å². The van der Waals surface area contributed by atoms with Crippen molar-refractivity contribution in [2.75, 3.05) is 19.0 Å². The van der Waals surface area contributed by atoms with Crippen molar-refractivity contribution in [3.63, 3.8) is 0 Å². The average molecular weight is 299 g/mol. The number of anilines is 1. The summed E-state index contributed by atoms with van der Waals surface area (Å²) in [7, 11) is 4.06. The molecule has 0 saturated heterocycles. The number of ether oxygens (including phenoxy) is 1. The van der Waals surface area contributed by atoms with Crippen LogP contribution in [0.1, 0.15) is 36.5 Å². The van der Waals surface area contributed by atoms with Crippen molar-refractivity contribution in [1.82, 2.24) is 0 Å². The molecule has 0 aromatic heterocycles. The summed E-state index contributed by atoms with van der Waals surface area (Å²) in [6, 6.07) is 9.65. The summed E-state index contributed by atoms with van der Waals surface area (Å²) in [5.41, 5.74) is 4.26. The van der Waals surface area contributed by atoms with Crippen LogP contribution >= 0.6 is 0 Å². The molecule has 0 unspecified atom stereocenters. The number of aryl methyl sites for hydroxylation is 2. The number of nitrogens with zero attached hydrogens (tertiary/aromatic N) is 1. The molecule has 0 bridgehead atoms. The lowest BCUT2D eigenvalue weighted by atomic mass is 10.0. The summed E-state index contributed by atoms with van der Waals surface area (Å²) in [6.07, 6.45) is 0. The van der Waals surface area contributed by atoms with Gasteiger partial charge in [-0.1, -0.05) is 13.8 Å². The zero-order valence-electron chi connectivity index (χ0n) is 14.3. The second kappa shape index (κ2) is 6.30. The first-order valence-electron chi connectivity index (χ1n) is 7.59. The molecular weight excluding hydrogens is 274 g/mol. The summed E-state index contributed by atoms with van der Waals surface area (Å²) in [5.74, 6) is 2.21. The first-order valence-corrected chi connectivity index (χ1v) is 7.59. The number of aromatic hydroxyl groups is 1. The van der Waals surface area contributed by atoms with Gasteiger partial charge in [-0.25, -0.2) is 0 Å². The van der Waals surface area contributed by atoms with E-state index in [1.165, 1.54) is 0 Å². The van der Waals surface area contributed by atoms with Crippen LogP contribution in [0.15, 0.2) is 30.3 Å². The van der Waals surface area contributed by atoms with Gasteiger partial charge in [0, 0.05) is 25.3 Å². The molecule has 0 aliphatic heterocycles. The quantitative estimate of drug-likeness (QED) is 0.863. The Morgan fingerprint density at radius 3 is 2.09 bits per heavy atom. The van der Waals surface area contributed by atoms with Crippen molar-refractivity contribution in [3.8, 4) is 17.2 Å². The fourth-order valence-corrected chi connectivity index (χ4v) is 2.52. The van der Waals surface area contributed by atoms with Crippen LogP contribution in [0.5, 0.6) is 17.2 Å². The van der Waals surface area contributed by atoms with Crippen LogP contribution < -0.4 is 9.64 Å². The molecule has 0 heterocycles. The van der Waals surface area contributed by atoms with E-state index in [4.69, 9.17) is 4.74 Å². The van der Waals surface area contributed by atoms with E-state index in [1.807, 2.05) is 20.2 Å². The van der Waals surface area contributed by atoms with Crippen molar-refractivity contribution >= 4 is 5.69 Å². The molecule has 3 nitrogen and oxygen atoms in total. The van der Waals surface area contributed by atoms with Crippen molar-refractivity contribution in [1.29, 1.82) is 0 Å². The molecular formula is C19H25NO2. The van der Waals surface area contributed by atoms with Gasteiger partial charge in [-0.15, -0.1) is 0 Å². The summed E-state index contributed by atoms with van der Waals surface area (Å²) in [4.78, 5) is 2.08. The van der Waals surface area contributed by atoms with Gasteiger partial charge in [0.1, 0.15) is 17.2 Å². The Kier molecular flexibility index (Phi) is 4.65. The van der Waals surface area contributed by atoms with Crippen LogP contribution in [0.4, 0.5) is 5.69 Å². The minimum absolute atomic E-state index is 0.252. The maximum Gasteiger partial charge on any atom is 0.133 e. The van der Waals surface area contributed by atoms with E-state index >= 15 is 0 Å². The molecule has 3 heteroatoms. The summed E-state index contributed by atoms with van der Waals surface area (Å²) >= 11 is 0. The summed E-state index contributed by atoms with van der Waals surface area (Å²) < 4.78 is 6.09. The Morgan fingerprint density at radius 1 is 1.00 bits per heavy atom. The molecule has 0 spiro atoms. The zero-order chi connectivity index (χ0) is 16.4. The third-order valence-corrected chi connectivity index (χ3v) is 3.80. The highest BCUT2D eigenvalue weighted by Crippen LogP contribution is 2.35. The smallest absolute Gasteiger partial charge is 0.133 e. The first kappa shape index (κ1) is 16.2.